The summed E-state index contributed by atoms with van der Waals surface area (Å²) in [5.41, 5.74) is 2.37. The average molecular weight is 461 g/mol. The molecule has 0 aliphatic rings. The molecule has 1 unspecified atom stereocenters. The van der Waals surface area contributed by atoms with Gasteiger partial charge in [-0.05, 0) is 61.9 Å². The molecule has 3 nitrogen and oxygen atoms in total. The molecule has 162 valence electrons. The van der Waals surface area contributed by atoms with Gasteiger partial charge in [-0.3, -0.25) is 0 Å². The molecule has 0 aromatic heterocycles. The Morgan fingerprint density at radius 2 is 1.31 bits per heavy atom. The van der Waals surface area contributed by atoms with Gasteiger partial charge in [0.15, 0.2) is 0 Å². The van der Waals surface area contributed by atoms with Crippen molar-refractivity contribution in [1.29, 1.82) is 0 Å². The first-order valence-corrected chi connectivity index (χ1v) is 13.4. The molecule has 0 aliphatic heterocycles. The predicted octanol–water partition coefficient (Wildman–Crippen LogP) is 5.23. The zero-order valence-electron chi connectivity index (χ0n) is 18.0. The molecule has 0 N–H and O–H groups in total. The normalized spacial score (nSPS) is 12.5. The smallest absolute Gasteiger partial charge is 0.139 e. The number of hydrogen-bond acceptors (Lipinski definition) is 3. The molecular formula is C27H25O3PS. The maximum atomic E-state index is 11.1. The SMILES string of the molecule is CC(C)[P+](c1ccccc1)(c1ccccc1)c1ccccc1-c1cccc(OS(=O)[O-])c1. The molecule has 4 aromatic carbocycles. The Hall–Kier alpha value is -2.78. The zero-order valence-corrected chi connectivity index (χ0v) is 19.8. The number of rotatable bonds is 7. The van der Waals surface area contributed by atoms with Crippen LogP contribution in [0.25, 0.3) is 11.1 Å². The second kappa shape index (κ2) is 9.79. The van der Waals surface area contributed by atoms with Crippen LogP contribution in [0.4, 0.5) is 0 Å². The van der Waals surface area contributed by atoms with Crippen LogP contribution in [0.15, 0.2) is 109 Å². The van der Waals surface area contributed by atoms with Crippen molar-refractivity contribution in [1.82, 2.24) is 0 Å². The van der Waals surface area contributed by atoms with Gasteiger partial charge in [0, 0.05) is 5.56 Å². The van der Waals surface area contributed by atoms with Crippen LogP contribution in [0.3, 0.4) is 0 Å². The summed E-state index contributed by atoms with van der Waals surface area (Å²) in [6, 6.07) is 37.2. The van der Waals surface area contributed by atoms with E-state index in [9.17, 15) is 8.76 Å². The van der Waals surface area contributed by atoms with Gasteiger partial charge in [0.05, 0.1) is 5.66 Å². The van der Waals surface area contributed by atoms with Crippen molar-refractivity contribution in [3.05, 3.63) is 109 Å². The number of hydrogen-bond donors (Lipinski definition) is 0. The van der Waals surface area contributed by atoms with Crippen LogP contribution in [0.1, 0.15) is 13.8 Å². The average Bonchev–Trinajstić information content (AvgIpc) is 2.81. The minimum Gasteiger partial charge on any atom is -0.740 e. The van der Waals surface area contributed by atoms with E-state index in [-0.39, 0.29) is 0 Å². The molecule has 0 spiro atoms. The Bertz CT molecular complexity index is 1170. The fourth-order valence-corrected chi connectivity index (χ4v) is 9.50. The van der Waals surface area contributed by atoms with Crippen LogP contribution in [0.2, 0.25) is 0 Å². The Morgan fingerprint density at radius 3 is 1.88 bits per heavy atom. The van der Waals surface area contributed by atoms with Gasteiger partial charge in [0.1, 0.15) is 40.3 Å². The van der Waals surface area contributed by atoms with Crippen LogP contribution in [0.5, 0.6) is 5.75 Å². The molecule has 4 aromatic rings. The predicted molar refractivity (Wildman–Crippen MR) is 135 cm³/mol. The third kappa shape index (κ3) is 4.27. The molecule has 0 fully saturated rings. The van der Waals surface area contributed by atoms with Crippen molar-refractivity contribution in [3.8, 4) is 16.9 Å². The molecule has 0 heterocycles. The summed E-state index contributed by atoms with van der Waals surface area (Å²) in [5, 5.41) is 3.91. The Labute approximate surface area is 192 Å². The molecule has 0 radical (unpaired) electrons. The standard InChI is InChI=1S/C27H25O3PS/c1-21(2)31(24-14-5-3-6-15-24,25-16-7-4-8-17-25)27-19-10-9-18-26(27)22-12-11-13-23(20-22)30-32(28)29/h3-21H,1-2H3. The van der Waals surface area contributed by atoms with Crippen LogP contribution >= 0.6 is 7.26 Å². The summed E-state index contributed by atoms with van der Waals surface area (Å²) in [4.78, 5) is 0. The van der Waals surface area contributed by atoms with E-state index >= 15 is 0 Å². The van der Waals surface area contributed by atoms with Gasteiger partial charge in [0.2, 0.25) is 0 Å². The zero-order chi connectivity index (χ0) is 22.6. The maximum absolute atomic E-state index is 11.1. The van der Waals surface area contributed by atoms with Crippen LogP contribution in [-0.4, -0.2) is 14.4 Å². The largest absolute Gasteiger partial charge is 0.740 e. The first-order valence-electron chi connectivity index (χ1n) is 10.5. The molecule has 0 amide bonds. The monoisotopic (exact) mass is 460 g/mol. The van der Waals surface area contributed by atoms with Crippen molar-refractivity contribution < 1.29 is 12.9 Å². The van der Waals surface area contributed by atoms with Crippen LogP contribution in [0, 0.1) is 0 Å². The fraction of sp³-hybridized carbons (Fsp3) is 0.111. The molecule has 1 atom stereocenters. The minimum absolute atomic E-state index is 0.304. The molecule has 32 heavy (non-hydrogen) atoms. The van der Waals surface area contributed by atoms with E-state index in [1.54, 1.807) is 12.1 Å². The highest BCUT2D eigenvalue weighted by Crippen LogP contribution is 2.60. The van der Waals surface area contributed by atoms with Gasteiger partial charge in [-0.25, -0.2) is 4.21 Å². The molecule has 0 saturated heterocycles. The van der Waals surface area contributed by atoms with Gasteiger partial charge in [-0.1, -0.05) is 66.7 Å². The lowest BCUT2D eigenvalue weighted by Gasteiger charge is -2.32. The van der Waals surface area contributed by atoms with Crippen molar-refractivity contribution in [2.24, 2.45) is 0 Å². The van der Waals surface area contributed by atoms with Gasteiger partial charge in [-0.2, -0.15) is 0 Å². The summed E-state index contributed by atoms with van der Waals surface area (Å²) < 4.78 is 27.1. The van der Waals surface area contributed by atoms with E-state index in [0.717, 1.165) is 11.1 Å². The molecular weight excluding hydrogens is 435 g/mol. The number of benzene rings is 4. The van der Waals surface area contributed by atoms with E-state index in [4.69, 9.17) is 4.18 Å². The van der Waals surface area contributed by atoms with Crippen molar-refractivity contribution >= 4 is 34.5 Å². The van der Waals surface area contributed by atoms with E-state index in [0.29, 0.717) is 11.4 Å². The Balaban J connectivity index is 2.02. The van der Waals surface area contributed by atoms with E-state index in [1.807, 2.05) is 18.2 Å². The van der Waals surface area contributed by atoms with Gasteiger partial charge in [0.25, 0.3) is 0 Å². The summed E-state index contributed by atoms with van der Waals surface area (Å²) in [6.45, 7) is 4.59. The summed E-state index contributed by atoms with van der Waals surface area (Å²) in [5.74, 6) is 0.304. The highest BCUT2D eigenvalue weighted by atomic mass is 32.2. The van der Waals surface area contributed by atoms with Crippen molar-refractivity contribution in [2.45, 2.75) is 19.5 Å². The van der Waals surface area contributed by atoms with Gasteiger partial charge < -0.3 is 8.74 Å². The lowest BCUT2D eigenvalue weighted by molar-refractivity contribution is 0.440. The highest BCUT2D eigenvalue weighted by Gasteiger charge is 2.49. The third-order valence-electron chi connectivity index (χ3n) is 5.69. The van der Waals surface area contributed by atoms with Crippen molar-refractivity contribution in [2.75, 3.05) is 0 Å². The Kier molecular flexibility index (Phi) is 6.86. The molecule has 4 rings (SSSR count). The quantitative estimate of drug-likeness (QED) is 0.280. The summed E-state index contributed by atoms with van der Waals surface area (Å²) in [6.07, 6.45) is 0. The van der Waals surface area contributed by atoms with Gasteiger partial charge in [-0.15, -0.1) is 0 Å². The lowest BCUT2D eigenvalue weighted by atomic mass is 10.1. The molecule has 0 saturated carbocycles. The van der Waals surface area contributed by atoms with Crippen LogP contribution < -0.4 is 20.1 Å². The first-order chi connectivity index (χ1) is 15.5. The van der Waals surface area contributed by atoms with Crippen LogP contribution in [-0.2, 0) is 11.4 Å². The minimum atomic E-state index is -2.61. The van der Waals surface area contributed by atoms with Crippen molar-refractivity contribution in [3.63, 3.8) is 0 Å². The lowest BCUT2D eigenvalue weighted by Crippen LogP contribution is -2.37. The van der Waals surface area contributed by atoms with Gasteiger partial charge >= 0.3 is 0 Å². The maximum Gasteiger partial charge on any atom is 0.139 e. The summed E-state index contributed by atoms with van der Waals surface area (Å²) >= 11 is -2.61. The summed E-state index contributed by atoms with van der Waals surface area (Å²) in [7, 11) is -2.03. The topological polar surface area (TPSA) is 49.4 Å². The second-order valence-corrected chi connectivity index (χ2v) is 12.4. The Morgan fingerprint density at radius 1 is 0.750 bits per heavy atom. The van der Waals surface area contributed by atoms with E-state index in [1.165, 1.54) is 15.9 Å². The molecule has 0 bridgehead atoms. The molecule has 5 heteroatoms. The first kappa shape index (κ1) is 22.4. The second-order valence-electron chi connectivity index (χ2n) is 7.82. The molecule has 0 aliphatic carbocycles. The van der Waals surface area contributed by atoms with E-state index in [2.05, 4.69) is 92.7 Å². The third-order valence-corrected chi connectivity index (χ3v) is 10.9. The van der Waals surface area contributed by atoms with E-state index < -0.39 is 18.6 Å². The fourth-order valence-electron chi connectivity index (χ4n) is 4.45. The highest BCUT2D eigenvalue weighted by molar-refractivity contribution is 7.96.